The molecule has 6 heteroatoms. The monoisotopic (exact) mass is 371 g/mol. The lowest BCUT2D eigenvalue weighted by atomic mass is 10.0. The molecule has 0 radical (unpaired) electrons. The molecule has 2 heterocycles. The summed E-state index contributed by atoms with van der Waals surface area (Å²) in [6, 6.07) is 14.0. The third kappa shape index (κ3) is 4.71. The van der Waals surface area contributed by atoms with Gasteiger partial charge < -0.3 is 10.6 Å². The smallest absolute Gasteiger partial charge is 0.262 e. The van der Waals surface area contributed by atoms with Crippen LogP contribution in [0.5, 0.6) is 0 Å². The Kier molecular flexibility index (Phi) is 5.74. The SMILES string of the molecule is CC(C)(NC(=O)c1cccs1)C(=O)NC1CCN(Cc2ccccc2)C1. The molecule has 2 N–H and O–H groups in total. The minimum atomic E-state index is -0.950. The lowest BCUT2D eigenvalue weighted by Crippen LogP contribution is -2.56. The van der Waals surface area contributed by atoms with Gasteiger partial charge >= 0.3 is 0 Å². The number of hydrogen-bond donors (Lipinski definition) is 2. The van der Waals surface area contributed by atoms with Crippen molar-refractivity contribution < 1.29 is 9.59 Å². The summed E-state index contributed by atoms with van der Waals surface area (Å²) in [7, 11) is 0. The number of carbonyl (C=O) groups is 2. The van der Waals surface area contributed by atoms with Crippen LogP contribution in [0.2, 0.25) is 0 Å². The summed E-state index contributed by atoms with van der Waals surface area (Å²) in [5.41, 5.74) is 0.330. The third-order valence-electron chi connectivity index (χ3n) is 4.60. The molecule has 5 nitrogen and oxygen atoms in total. The van der Waals surface area contributed by atoms with E-state index in [9.17, 15) is 9.59 Å². The number of nitrogens with zero attached hydrogens (tertiary/aromatic N) is 1. The van der Waals surface area contributed by atoms with E-state index < -0.39 is 5.54 Å². The van der Waals surface area contributed by atoms with E-state index in [1.807, 2.05) is 29.6 Å². The van der Waals surface area contributed by atoms with Crippen molar-refractivity contribution in [1.82, 2.24) is 15.5 Å². The average molecular weight is 372 g/mol. The Labute approximate surface area is 158 Å². The Morgan fingerprint density at radius 2 is 1.96 bits per heavy atom. The number of likely N-dealkylation sites (tertiary alicyclic amines) is 1. The van der Waals surface area contributed by atoms with Gasteiger partial charge in [-0.15, -0.1) is 11.3 Å². The Morgan fingerprint density at radius 3 is 2.65 bits per heavy atom. The van der Waals surface area contributed by atoms with Crippen molar-refractivity contribution in [1.29, 1.82) is 0 Å². The molecule has 1 aliphatic rings. The highest BCUT2D eigenvalue weighted by atomic mass is 32.1. The summed E-state index contributed by atoms with van der Waals surface area (Å²) in [4.78, 5) is 27.8. The number of benzene rings is 1. The van der Waals surface area contributed by atoms with Gasteiger partial charge in [-0.1, -0.05) is 36.4 Å². The van der Waals surface area contributed by atoms with Gasteiger partial charge in [0.05, 0.1) is 4.88 Å². The second kappa shape index (κ2) is 8.01. The van der Waals surface area contributed by atoms with Crippen LogP contribution in [-0.2, 0) is 11.3 Å². The third-order valence-corrected chi connectivity index (χ3v) is 5.46. The molecule has 0 spiro atoms. The summed E-state index contributed by atoms with van der Waals surface area (Å²) in [5.74, 6) is -0.355. The maximum absolute atomic E-state index is 12.6. The first-order chi connectivity index (χ1) is 12.4. The van der Waals surface area contributed by atoms with E-state index in [1.165, 1.54) is 16.9 Å². The Morgan fingerprint density at radius 1 is 1.19 bits per heavy atom. The molecule has 138 valence electrons. The maximum atomic E-state index is 12.6. The van der Waals surface area contributed by atoms with Crippen LogP contribution < -0.4 is 10.6 Å². The van der Waals surface area contributed by atoms with Crippen molar-refractivity contribution in [3.63, 3.8) is 0 Å². The van der Waals surface area contributed by atoms with Gasteiger partial charge in [-0.2, -0.15) is 0 Å². The highest BCUT2D eigenvalue weighted by Crippen LogP contribution is 2.15. The molecule has 2 amide bonds. The van der Waals surface area contributed by atoms with Crippen LogP contribution in [0.1, 0.15) is 35.5 Å². The molecule has 1 atom stereocenters. The first-order valence-corrected chi connectivity index (χ1v) is 9.75. The number of rotatable bonds is 6. The molecule has 1 saturated heterocycles. The fraction of sp³-hybridized carbons (Fsp3) is 0.400. The largest absolute Gasteiger partial charge is 0.350 e. The van der Waals surface area contributed by atoms with Gasteiger partial charge in [-0.25, -0.2) is 0 Å². The fourth-order valence-electron chi connectivity index (χ4n) is 3.11. The van der Waals surface area contributed by atoms with E-state index in [4.69, 9.17) is 0 Å². The molecule has 1 aromatic heterocycles. The summed E-state index contributed by atoms with van der Waals surface area (Å²) < 4.78 is 0. The van der Waals surface area contributed by atoms with E-state index in [1.54, 1.807) is 19.9 Å². The lowest BCUT2D eigenvalue weighted by Gasteiger charge is -2.27. The van der Waals surface area contributed by atoms with E-state index in [0.29, 0.717) is 4.88 Å². The number of hydrogen-bond acceptors (Lipinski definition) is 4. The van der Waals surface area contributed by atoms with Gasteiger partial charge in [0.2, 0.25) is 5.91 Å². The number of thiophene rings is 1. The van der Waals surface area contributed by atoms with E-state index in [-0.39, 0.29) is 17.9 Å². The van der Waals surface area contributed by atoms with Crippen LogP contribution >= 0.6 is 11.3 Å². The molecule has 0 bridgehead atoms. The van der Waals surface area contributed by atoms with Crippen LogP contribution in [0.15, 0.2) is 47.8 Å². The molecule has 3 rings (SSSR count). The predicted octanol–water partition coefficient (Wildman–Crippen LogP) is 2.65. The van der Waals surface area contributed by atoms with Crippen LogP contribution in [-0.4, -0.2) is 41.4 Å². The predicted molar refractivity (Wildman–Crippen MR) is 104 cm³/mol. The first kappa shape index (κ1) is 18.6. The number of nitrogens with one attached hydrogen (secondary N) is 2. The van der Waals surface area contributed by atoms with Crippen molar-refractivity contribution in [3.05, 3.63) is 58.3 Å². The quantitative estimate of drug-likeness (QED) is 0.821. The van der Waals surface area contributed by atoms with Gasteiger partial charge in [-0.3, -0.25) is 14.5 Å². The maximum Gasteiger partial charge on any atom is 0.262 e. The molecular formula is C20H25N3O2S. The van der Waals surface area contributed by atoms with E-state index in [2.05, 4.69) is 27.7 Å². The van der Waals surface area contributed by atoms with Gasteiger partial charge in [0.1, 0.15) is 5.54 Å². The fourth-order valence-corrected chi connectivity index (χ4v) is 3.73. The number of amides is 2. The molecule has 1 unspecified atom stereocenters. The van der Waals surface area contributed by atoms with Crippen molar-refractivity contribution in [2.75, 3.05) is 13.1 Å². The molecule has 1 fully saturated rings. The Bertz CT molecular complexity index is 744. The summed E-state index contributed by atoms with van der Waals surface area (Å²) >= 11 is 1.37. The van der Waals surface area contributed by atoms with E-state index >= 15 is 0 Å². The van der Waals surface area contributed by atoms with Crippen LogP contribution in [0.3, 0.4) is 0 Å². The highest BCUT2D eigenvalue weighted by Gasteiger charge is 2.33. The summed E-state index contributed by atoms with van der Waals surface area (Å²) in [6.45, 7) is 6.16. The standard InChI is InChI=1S/C20H25N3O2S/c1-20(2,22-18(24)17-9-6-12-26-17)19(25)21-16-10-11-23(14-16)13-15-7-4-3-5-8-15/h3-9,12,16H,10-11,13-14H2,1-2H3,(H,21,25)(H,22,24). The number of carbonyl (C=O) groups excluding carboxylic acids is 2. The van der Waals surface area contributed by atoms with Gasteiger partial charge in [0.25, 0.3) is 5.91 Å². The topological polar surface area (TPSA) is 61.4 Å². The zero-order valence-corrected chi connectivity index (χ0v) is 16.0. The molecule has 2 aromatic rings. The molecule has 0 saturated carbocycles. The van der Waals surface area contributed by atoms with Crippen molar-refractivity contribution in [3.8, 4) is 0 Å². The van der Waals surface area contributed by atoms with Gasteiger partial charge in [0.15, 0.2) is 0 Å². The highest BCUT2D eigenvalue weighted by molar-refractivity contribution is 7.12. The van der Waals surface area contributed by atoms with Crippen LogP contribution in [0.25, 0.3) is 0 Å². The first-order valence-electron chi connectivity index (χ1n) is 8.87. The van der Waals surface area contributed by atoms with E-state index in [0.717, 1.165) is 26.1 Å². The zero-order chi connectivity index (χ0) is 18.6. The van der Waals surface area contributed by atoms with Gasteiger partial charge in [-0.05, 0) is 37.3 Å². The molecule has 1 aliphatic heterocycles. The average Bonchev–Trinajstić information content (AvgIpc) is 3.27. The molecule has 0 aliphatic carbocycles. The van der Waals surface area contributed by atoms with Crippen LogP contribution in [0.4, 0.5) is 0 Å². The zero-order valence-electron chi connectivity index (χ0n) is 15.2. The van der Waals surface area contributed by atoms with Crippen molar-refractivity contribution >= 4 is 23.2 Å². The van der Waals surface area contributed by atoms with Crippen molar-refractivity contribution in [2.24, 2.45) is 0 Å². The minimum absolute atomic E-state index is 0.115. The second-order valence-corrected chi connectivity index (χ2v) is 8.18. The Hall–Kier alpha value is -2.18. The normalized spacial score (nSPS) is 17.8. The summed E-state index contributed by atoms with van der Waals surface area (Å²) in [6.07, 6.45) is 0.924. The summed E-state index contributed by atoms with van der Waals surface area (Å²) in [5, 5.41) is 7.77. The molecule has 26 heavy (non-hydrogen) atoms. The van der Waals surface area contributed by atoms with Crippen molar-refractivity contribution in [2.45, 2.75) is 38.4 Å². The second-order valence-electron chi connectivity index (χ2n) is 7.24. The Balaban J connectivity index is 1.50. The molecule has 1 aromatic carbocycles. The van der Waals surface area contributed by atoms with Gasteiger partial charge in [0, 0.05) is 25.7 Å². The molecular weight excluding hydrogens is 346 g/mol. The van der Waals surface area contributed by atoms with Crippen LogP contribution in [0, 0.1) is 0 Å². The minimum Gasteiger partial charge on any atom is -0.350 e. The lowest BCUT2D eigenvalue weighted by molar-refractivity contribution is -0.126.